The monoisotopic (exact) mass is 356 g/mol. The second-order valence-electron chi connectivity index (χ2n) is 3.52. The Kier molecular flexibility index (Phi) is 3.79. The van der Waals surface area contributed by atoms with Crippen molar-refractivity contribution in [2.24, 2.45) is 0 Å². The van der Waals surface area contributed by atoms with Gasteiger partial charge in [-0.25, -0.2) is 9.97 Å². The number of aromatic nitrogens is 2. The zero-order valence-electron chi connectivity index (χ0n) is 9.37. The van der Waals surface area contributed by atoms with Crippen LogP contribution >= 0.6 is 31.9 Å². The maximum absolute atomic E-state index is 5.22. The van der Waals surface area contributed by atoms with E-state index >= 15 is 0 Å². The van der Waals surface area contributed by atoms with E-state index < -0.39 is 0 Å². The second kappa shape index (κ2) is 5.14. The van der Waals surface area contributed by atoms with Gasteiger partial charge in [0.2, 0.25) is 0 Å². The van der Waals surface area contributed by atoms with Crippen molar-refractivity contribution in [3.8, 4) is 17.1 Å². The molecule has 0 aliphatic heterocycles. The van der Waals surface area contributed by atoms with Gasteiger partial charge < -0.3 is 4.74 Å². The van der Waals surface area contributed by atoms with Gasteiger partial charge in [-0.3, -0.25) is 0 Å². The maximum Gasteiger partial charge on any atom is 0.161 e. The van der Waals surface area contributed by atoms with Crippen LogP contribution in [-0.4, -0.2) is 17.1 Å². The minimum atomic E-state index is 0.678. The molecule has 5 heteroatoms. The van der Waals surface area contributed by atoms with Crippen LogP contribution in [0.1, 0.15) is 5.56 Å². The summed E-state index contributed by atoms with van der Waals surface area (Å²) >= 11 is 6.70. The molecule has 2 rings (SSSR count). The summed E-state index contributed by atoms with van der Waals surface area (Å²) in [5.74, 6) is 1.54. The third-order valence-corrected chi connectivity index (χ3v) is 3.13. The second-order valence-corrected chi connectivity index (χ2v) is 5.15. The fourth-order valence-electron chi connectivity index (χ4n) is 1.54. The van der Waals surface area contributed by atoms with Crippen molar-refractivity contribution in [3.05, 3.63) is 39.0 Å². The van der Waals surface area contributed by atoms with E-state index in [1.165, 1.54) is 0 Å². The molecule has 17 heavy (non-hydrogen) atoms. The molecule has 0 aliphatic rings. The number of halogens is 2. The average molecular weight is 358 g/mol. The highest BCUT2D eigenvalue weighted by molar-refractivity contribution is 9.11. The van der Waals surface area contributed by atoms with E-state index in [0.717, 1.165) is 26.1 Å². The minimum Gasteiger partial charge on any atom is -0.496 e. The van der Waals surface area contributed by atoms with Crippen molar-refractivity contribution < 1.29 is 4.74 Å². The molecule has 0 N–H and O–H groups in total. The van der Waals surface area contributed by atoms with Crippen molar-refractivity contribution in [2.45, 2.75) is 6.92 Å². The molecule has 0 unspecified atom stereocenters. The van der Waals surface area contributed by atoms with Gasteiger partial charge in [0, 0.05) is 11.6 Å². The van der Waals surface area contributed by atoms with Gasteiger partial charge in [-0.1, -0.05) is 0 Å². The first kappa shape index (κ1) is 12.5. The predicted octanol–water partition coefficient (Wildman–Crippen LogP) is 3.99. The van der Waals surface area contributed by atoms with Crippen LogP contribution in [0.5, 0.6) is 5.75 Å². The highest BCUT2D eigenvalue weighted by Crippen LogP contribution is 2.25. The molecule has 0 atom stereocenters. The lowest BCUT2D eigenvalue weighted by atomic mass is 10.1. The molecular weight excluding hydrogens is 348 g/mol. The topological polar surface area (TPSA) is 35.0 Å². The summed E-state index contributed by atoms with van der Waals surface area (Å²) in [6, 6.07) is 7.68. The fraction of sp³-hybridized carbons (Fsp3) is 0.167. The molecule has 0 saturated heterocycles. The third kappa shape index (κ3) is 2.84. The standard InChI is InChI=1S/C12H10Br2N2O/c1-7-5-8(3-4-9(7)17-2)12-15-10(13)6-11(14)16-12/h3-6H,1-2H3. The third-order valence-electron chi connectivity index (χ3n) is 2.32. The van der Waals surface area contributed by atoms with Gasteiger partial charge in [0.15, 0.2) is 5.82 Å². The van der Waals surface area contributed by atoms with Crippen molar-refractivity contribution in [1.29, 1.82) is 0 Å². The molecule has 2 aromatic rings. The Hall–Kier alpha value is -0.940. The molecule has 1 heterocycles. The molecule has 0 saturated carbocycles. The Morgan fingerprint density at radius 1 is 1.06 bits per heavy atom. The Labute approximate surface area is 117 Å². The van der Waals surface area contributed by atoms with E-state index in [9.17, 15) is 0 Å². The summed E-state index contributed by atoms with van der Waals surface area (Å²) < 4.78 is 6.73. The van der Waals surface area contributed by atoms with Gasteiger partial charge in [-0.2, -0.15) is 0 Å². The quantitative estimate of drug-likeness (QED) is 0.762. The first-order chi connectivity index (χ1) is 8.10. The Morgan fingerprint density at radius 2 is 1.71 bits per heavy atom. The highest BCUT2D eigenvalue weighted by Gasteiger charge is 2.06. The van der Waals surface area contributed by atoms with Crippen LogP contribution in [0.15, 0.2) is 33.5 Å². The number of hydrogen-bond donors (Lipinski definition) is 0. The number of methoxy groups -OCH3 is 1. The molecule has 1 aromatic heterocycles. The normalized spacial score (nSPS) is 10.4. The molecule has 0 fully saturated rings. The molecule has 0 radical (unpaired) electrons. The largest absolute Gasteiger partial charge is 0.496 e. The van der Waals surface area contributed by atoms with Gasteiger partial charge in [-0.15, -0.1) is 0 Å². The van der Waals surface area contributed by atoms with E-state index in [2.05, 4.69) is 41.8 Å². The van der Waals surface area contributed by atoms with Gasteiger partial charge in [-0.05, 0) is 62.5 Å². The van der Waals surface area contributed by atoms with Crippen molar-refractivity contribution in [1.82, 2.24) is 9.97 Å². The highest BCUT2D eigenvalue weighted by atomic mass is 79.9. The Bertz CT molecular complexity index is 538. The van der Waals surface area contributed by atoms with Gasteiger partial charge in [0.05, 0.1) is 7.11 Å². The van der Waals surface area contributed by atoms with E-state index in [1.807, 2.05) is 25.1 Å². The summed E-state index contributed by atoms with van der Waals surface area (Å²) in [5.41, 5.74) is 2.02. The minimum absolute atomic E-state index is 0.678. The maximum atomic E-state index is 5.22. The van der Waals surface area contributed by atoms with E-state index in [-0.39, 0.29) is 0 Å². The fourth-order valence-corrected chi connectivity index (χ4v) is 2.61. The molecule has 0 bridgehead atoms. The number of benzene rings is 1. The molecule has 1 aromatic carbocycles. The van der Waals surface area contributed by atoms with Crippen LogP contribution in [0.3, 0.4) is 0 Å². The Morgan fingerprint density at radius 3 is 2.24 bits per heavy atom. The van der Waals surface area contributed by atoms with Crippen LogP contribution < -0.4 is 4.74 Å². The molecule has 3 nitrogen and oxygen atoms in total. The van der Waals surface area contributed by atoms with Gasteiger partial charge in [0.25, 0.3) is 0 Å². The summed E-state index contributed by atoms with van der Waals surface area (Å²) in [7, 11) is 1.66. The number of rotatable bonds is 2. The number of aryl methyl sites for hydroxylation is 1. The molecule has 88 valence electrons. The smallest absolute Gasteiger partial charge is 0.161 e. The number of nitrogens with zero attached hydrogens (tertiary/aromatic N) is 2. The molecular formula is C12H10Br2N2O. The van der Waals surface area contributed by atoms with Crippen molar-refractivity contribution in [3.63, 3.8) is 0 Å². The Balaban J connectivity index is 2.49. The SMILES string of the molecule is COc1ccc(-c2nc(Br)cc(Br)n2)cc1C. The predicted molar refractivity (Wildman–Crippen MR) is 74.2 cm³/mol. The van der Waals surface area contributed by atoms with Crippen LogP contribution in [0.2, 0.25) is 0 Å². The number of hydrogen-bond acceptors (Lipinski definition) is 3. The number of ether oxygens (including phenoxy) is 1. The lowest BCUT2D eigenvalue weighted by molar-refractivity contribution is 0.412. The van der Waals surface area contributed by atoms with Crippen LogP contribution in [-0.2, 0) is 0 Å². The lowest BCUT2D eigenvalue weighted by Crippen LogP contribution is -1.92. The van der Waals surface area contributed by atoms with Gasteiger partial charge >= 0.3 is 0 Å². The van der Waals surface area contributed by atoms with E-state index in [1.54, 1.807) is 13.2 Å². The summed E-state index contributed by atoms with van der Waals surface area (Å²) in [4.78, 5) is 8.67. The molecule has 0 aliphatic carbocycles. The lowest BCUT2D eigenvalue weighted by Gasteiger charge is -2.07. The zero-order chi connectivity index (χ0) is 12.4. The van der Waals surface area contributed by atoms with Crippen LogP contribution in [0.4, 0.5) is 0 Å². The molecule has 0 spiro atoms. The first-order valence-corrected chi connectivity index (χ1v) is 6.54. The first-order valence-electron chi connectivity index (χ1n) is 4.95. The van der Waals surface area contributed by atoms with E-state index in [4.69, 9.17) is 4.74 Å². The summed E-state index contributed by atoms with van der Waals surface area (Å²) in [6.07, 6.45) is 0. The summed E-state index contributed by atoms with van der Waals surface area (Å²) in [5, 5.41) is 0. The summed E-state index contributed by atoms with van der Waals surface area (Å²) in [6.45, 7) is 2.00. The van der Waals surface area contributed by atoms with Crippen LogP contribution in [0, 0.1) is 6.92 Å². The average Bonchev–Trinajstić information content (AvgIpc) is 2.27. The van der Waals surface area contributed by atoms with Gasteiger partial charge in [0.1, 0.15) is 15.0 Å². The molecule has 0 amide bonds. The zero-order valence-corrected chi connectivity index (χ0v) is 12.5. The van der Waals surface area contributed by atoms with Crippen molar-refractivity contribution >= 4 is 31.9 Å². The van der Waals surface area contributed by atoms with Crippen molar-refractivity contribution in [2.75, 3.05) is 7.11 Å². The van der Waals surface area contributed by atoms with Crippen LogP contribution in [0.25, 0.3) is 11.4 Å². The van der Waals surface area contributed by atoms with E-state index in [0.29, 0.717) is 5.82 Å².